The first kappa shape index (κ1) is 14.3. The van der Waals surface area contributed by atoms with Crippen molar-refractivity contribution >= 4 is 0 Å². The second kappa shape index (κ2) is 6.41. The largest absolute Gasteiger partial charge is 0.439 e. The topological polar surface area (TPSA) is 55.3 Å². The van der Waals surface area contributed by atoms with E-state index in [1.807, 2.05) is 36.5 Å². The van der Waals surface area contributed by atoms with Crippen LogP contribution in [-0.2, 0) is 6.54 Å². The summed E-state index contributed by atoms with van der Waals surface area (Å²) in [6, 6.07) is 10.6. The minimum atomic E-state index is 0.557. The Morgan fingerprint density at radius 3 is 2.86 bits per heavy atom. The number of benzene rings is 1. The predicted octanol–water partition coefficient (Wildman–Crippen LogP) is 2.90. The molecule has 2 aromatic rings. The van der Waals surface area contributed by atoms with Gasteiger partial charge in [-0.05, 0) is 32.4 Å². The van der Waals surface area contributed by atoms with Crippen molar-refractivity contribution in [1.82, 2.24) is 9.88 Å². The molecule has 2 unspecified atom stereocenters. The number of aromatic nitrogens is 1. The molecule has 1 fully saturated rings. The Labute approximate surface area is 126 Å². The number of rotatable bonds is 5. The molecule has 112 valence electrons. The highest BCUT2D eigenvalue weighted by Crippen LogP contribution is 2.29. The summed E-state index contributed by atoms with van der Waals surface area (Å²) in [6.45, 7) is 1.52. The van der Waals surface area contributed by atoms with Gasteiger partial charge in [-0.2, -0.15) is 0 Å². The summed E-state index contributed by atoms with van der Waals surface area (Å²) in [5.41, 5.74) is 6.94. The maximum absolute atomic E-state index is 5.88. The van der Waals surface area contributed by atoms with E-state index in [4.69, 9.17) is 10.2 Å². The second-order valence-electron chi connectivity index (χ2n) is 5.89. The molecule has 1 saturated carbocycles. The third-order valence-electron chi connectivity index (χ3n) is 4.48. The van der Waals surface area contributed by atoms with Crippen molar-refractivity contribution in [2.45, 2.75) is 31.8 Å². The van der Waals surface area contributed by atoms with Gasteiger partial charge in [0, 0.05) is 11.6 Å². The van der Waals surface area contributed by atoms with Gasteiger partial charge in [0.25, 0.3) is 0 Å². The zero-order valence-corrected chi connectivity index (χ0v) is 12.5. The monoisotopic (exact) mass is 285 g/mol. The maximum atomic E-state index is 5.88. The van der Waals surface area contributed by atoms with E-state index in [0.29, 0.717) is 12.0 Å². The summed E-state index contributed by atoms with van der Waals surface area (Å²) in [7, 11) is 2.14. The Morgan fingerprint density at radius 2 is 2.10 bits per heavy atom. The van der Waals surface area contributed by atoms with Crippen LogP contribution in [0, 0.1) is 5.92 Å². The van der Waals surface area contributed by atoms with Crippen LogP contribution < -0.4 is 5.73 Å². The van der Waals surface area contributed by atoms with E-state index >= 15 is 0 Å². The Bertz CT molecular complexity index is 566. The average Bonchev–Trinajstić information content (AvgIpc) is 3.16. The molecule has 0 spiro atoms. The normalized spacial score (nSPS) is 22.0. The number of hydrogen-bond donors (Lipinski definition) is 1. The second-order valence-corrected chi connectivity index (χ2v) is 5.89. The zero-order valence-electron chi connectivity index (χ0n) is 12.5. The molecule has 0 saturated heterocycles. The fourth-order valence-corrected chi connectivity index (χ4v) is 3.32. The van der Waals surface area contributed by atoms with Gasteiger partial charge >= 0.3 is 0 Å². The molecule has 4 nitrogen and oxygen atoms in total. The molecule has 2 atom stereocenters. The van der Waals surface area contributed by atoms with Gasteiger partial charge in [-0.15, -0.1) is 0 Å². The molecule has 1 heterocycles. The van der Waals surface area contributed by atoms with Crippen LogP contribution in [0.25, 0.3) is 11.3 Å². The number of oxazole rings is 1. The summed E-state index contributed by atoms with van der Waals surface area (Å²) in [5.74, 6) is 2.22. The van der Waals surface area contributed by atoms with Gasteiger partial charge in [-0.1, -0.05) is 36.8 Å². The fraction of sp³-hybridized carbons (Fsp3) is 0.471. The first-order chi connectivity index (χ1) is 10.3. The fourth-order valence-electron chi connectivity index (χ4n) is 3.32. The summed E-state index contributed by atoms with van der Waals surface area (Å²) in [5, 5.41) is 0. The maximum Gasteiger partial charge on any atom is 0.209 e. The SMILES string of the molecule is CN(Cc1ncc(-c2ccccc2)o1)C1CCCC1CN. The Kier molecular flexibility index (Phi) is 4.36. The minimum Gasteiger partial charge on any atom is -0.439 e. The molecule has 1 aliphatic rings. The van der Waals surface area contributed by atoms with E-state index in [0.717, 1.165) is 30.3 Å². The summed E-state index contributed by atoms with van der Waals surface area (Å²) < 4.78 is 5.88. The van der Waals surface area contributed by atoms with E-state index in [2.05, 4.69) is 16.9 Å². The molecule has 0 radical (unpaired) electrons. The standard InChI is InChI=1S/C17H23N3O/c1-20(15-9-5-8-14(15)10-18)12-17-19-11-16(21-17)13-6-3-2-4-7-13/h2-4,6-7,11,14-15H,5,8-10,12,18H2,1H3. The predicted molar refractivity (Wildman–Crippen MR) is 83.6 cm³/mol. The average molecular weight is 285 g/mol. The van der Waals surface area contributed by atoms with Crippen molar-refractivity contribution < 1.29 is 4.42 Å². The highest BCUT2D eigenvalue weighted by Gasteiger charge is 2.29. The molecular formula is C17H23N3O. The van der Waals surface area contributed by atoms with Crippen molar-refractivity contribution in [3.63, 3.8) is 0 Å². The third-order valence-corrected chi connectivity index (χ3v) is 4.48. The van der Waals surface area contributed by atoms with E-state index in [-0.39, 0.29) is 0 Å². The van der Waals surface area contributed by atoms with Crippen LogP contribution in [0.1, 0.15) is 25.2 Å². The van der Waals surface area contributed by atoms with Crippen LogP contribution in [0.3, 0.4) is 0 Å². The molecule has 0 bridgehead atoms. The molecule has 1 aromatic carbocycles. The third kappa shape index (κ3) is 3.17. The van der Waals surface area contributed by atoms with Crippen LogP contribution >= 0.6 is 0 Å². The highest BCUT2D eigenvalue weighted by atomic mass is 16.4. The van der Waals surface area contributed by atoms with Crippen molar-refractivity contribution in [2.75, 3.05) is 13.6 Å². The van der Waals surface area contributed by atoms with Gasteiger partial charge < -0.3 is 10.2 Å². The molecule has 21 heavy (non-hydrogen) atoms. The van der Waals surface area contributed by atoms with E-state index in [9.17, 15) is 0 Å². The van der Waals surface area contributed by atoms with Crippen LogP contribution in [0.5, 0.6) is 0 Å². The first-order valence-electron chi connectivity index (χ1n) is 7.68. The Morgan fingerprint density at radius 1 is 1.29 bits per heavy atom. The summed E-state index contributed by atoms with van der Waals surface area (Å²) in [6.07, 6.45) is 5.56. The summed E-state index contributed by atoms with van der Waals surface area (Å²) in [4.78, 5) is 6.75. The number of nitrogens with two attached hydrogens (primary N) is 1. The van der Waals surface area contributed by atoms with Gasteiger partial charge in [-0.3, -0.25) is 4.90 Å². The Balaban J connectivity index is 1.67. The van der Waals surface area contributed by atoms with Crippen LogP contribution in [-0.4, -0.2) is 29.5 Å². The molecule has 1 aromatic heterocycles. The van der Waals surface area contributed by atoms with Gasteiger partial charge in [0.05, 0.1) is 12.7 Å². The lowest BCUT2D eigenvalue weighted by molar-refractivity contribution is 0.177. The van der Waals surface area contributed by atoms with E-state index < -0.39 is 0 Å². The molecule has 1 aliphatic carbocycles. The molecule has 0 amide bonds. The van der Waals surface area contributed by atoms with E-state index in [1.54, 1.807) is 0 Å². The van der Waals surface area contributed by atoms with Gasteiger partial charge in [0.15, 0.2) is 5.76 Å². The van der Waals surface area contributed by atoms with Crippen molar-refractivity contribution in [1.29, 1.82) is 0 Å². The lowest BCUT2D eigenvalue weighted by Crippen LogP contribution is -2.37. The lowest BCUT2D eigenvalue weighted by atomic mass is 10.0. The molecule has 4 heteroatoms. The molecule has 2 N–H and O–H groups in total. The minimum absolute atomic E-state index is 0.557. The van der Waals surface area contributed by atoms with Gasteiger partial charge in [0.2, 0.25) is 5.89 Å². The first-order valence-corrected chi connectivity index (χ1v) is 7.68. The van der Waals surface area contributed by atoms with Crippen LogP contribution in [0.4, 0.5) is 0 Å². The van der Waals surface area contributed by atoms with Crippen molar-refractivity contribution in [2.24, 2.45) is 11.7 Å². The van der Waals surface area contributed by atoms with Crippen molar-refractivity contribution in [3.8, 4) is 11.3 Å². The zero-order chi connectivity index (χ0) is 14.7. The van der Waals surface area contributed by atoms with Gasteiger partial charge in [0.1, 0.15) is 0 Å². The van der Waals surface area contributed by atoms with Gasteiger partial charge in [-0.25, -0.2) is 4.98 Å². The quantitative estimate of drug-likeness (QED) is 0.917. The van der Waals surface area contributed by atoms with Crippen LogP contribution in [0.2, 0.25) is 0 Å². The van der Waals surface area contributed by atoms with E-state index in [1.165, 1.54) is 19.3 Å². The summed E-state index contributed by atoms with van der Waals surface area (Å²) >= 11 is 0. The number of hydrogen-bond acceptors (Lipinski definition) is 4. The lowest BCUT2D eigenvalue weighted by Gasteiger charge is -2.27. The smallest absolute Gasteiger partial charge is 0.209 e. The molecule has 0 aliphatic heterocycles. The highest BCUT2D eigenvalue weighted by molar-refractivity contribution is 5.55. The van der Waals surface area contributed by atoms with Crippen molar-refractivity contribution in [3.05, 3.63) is 42.4 Å². The molecule has 3 rings (SSSR count). The molecular weight excluding hydrogens is 262 g/mol. The Hall–Kier alpha value is -1.65. The van der Waals surface area contributed by atoms with Crippen LogP contribution in [0.15, 0.2) is 40.9 Å². The number of nitrogens with zero attached hydrogens (tertiary/aromatic N) is 2.